The molecule has 0 saturated heterocycles. The average molecular weight is 396 g/mol. The summed E-state index contributed by atoms with van der Waals surface area (Å²) in [5, 5.41) is 6.29. The van der Waals surface area contributed by atoms with E-state index in [2.05, 4.69) is 10.6 Å². The summed E-state index contributed by atoms with van der Waals surface area (Å²) < 4.78 is 16.4. The van der Waals surface area contributed by atoms with Gasteiger partial charge in [-0.2, -0.15) is 0 Å². The molecule has 0 saturated carbocycles. The molecule has 0 fully saturated rings. The van der Waals surface area contributed by atoms with Gasteiger partial charge in [0, 0.05) is 10.9 Å². The van der Waals surface area contributed by atoms with Crippen LogP contribution >= 0.6 is 0 Å². The Morgan fingerprint density at radius 2 is 1.52 bits per heavy atom. The van der Waals surface area contributed by atoms with E-state index in [1.807, 2.05) is 26.8 Å². The number of methoxy groups -OCH3 is 2. The van der Waals surface area contributed by atoms with E-state index in [1.54, 1.807) is 36.4 Å². The molecule has 1 heterocycles. The van der Waals surface area contributed by atoms with E-state index >= 15 is 0 Å². The summed E-state index contributed by atoms with van der Waals surface area (Å²) in [6.45, 7) is 5.60. The van der Waals surface area contributed by atoms with Gasteiger partial charge in [0.1, 0.15) is 28.3 Å². The third-order valence-corrected chi connectivity index (χ3v) is 4.18. The van der Waals surface area contributed by atoms with Crippen LogP contribution in [0, 0.1) is 0 Å². The molecule has 1 aromatic heterocycles. The first-order valence-electron chi connectivity index (χ1n) is 9.11. The lowest BCUT2D eigenvalue weighted by atomic mass is 10.1. The minimum Gasteiger partial charge on any atom is -0.496 e. The van der Waals surface area contributed by atoms with E-state index in [0.717, 1.165) is 0 Å². The van der Waals surface area contributed by atoms with Crippen LogP contribution in [-0.2, 0) is 0 Å². The van der Waals surface area contributed by atoms with E-state index < -0.39 is 17.4 Å². The molecule has 0 spiro atoms. The third-order valence-electron chi connectivity index (χ3n) is 4.18. The van der Waals surface area contributed by atoms with Gasteiger partial charge in [0.25, 0.3) is 11.8 Å². The predicted octanol–water partition coefficient (Wildman–Crippen LogP) is 4.23. The lowest BCUT2D eigenvalue weighted by Gasteiger charge is -2.20. The van der Waals surface area contributed by atoms with Crippen molar-refractivity contribution in [1.82, 2.24) is 5.32 Å². The molecule has 3 rings (SSSR count). The van der Waals surface area contributed by atoms with E-state index in [1.165, 1.54) is 14.2 Å². The van der Waals surface area contributed by atoms with Gasteiger partial charge >= 0.3 is 0 Å². The first kappa shape index (κ1) is 20.3. The Bertz CT molecular complexity index is 1040. The number of amides is 2. The summed E-state index contributed by atoms with van der Waals surface area (Å²) in [4.78, 5) is 25.9. The van der Waals surface area contributed by atoms with Crippen LogP contribution < -0.4 is 20.1 Å². The molecule has 29 heavy (non-hydrogen) atoms. The molecule has 0 radical (unpaired) electrons. The zero-order valence-electron chi connectivity index (χ0n) is 17.1. The molecule has 2 N–H and O–H groups in total. The fraction of sp³-hybridized carbons (Fsp3) is 0.273. The molecule has 7 nitrogen and oxygen atoms in total. The Morgan fingerprint density at radius 1 is 0.897 bits per heavy atom. The highest BCUT2D eigenvalue weighted by Gasteiger charge is 2.27. The molecule has 0 atom stereocenters. The van der Waals surface area contributed by atoms with Crippen LogP contribution in [0.4, 0.5) is 5.69 Å². The molecule has 0 unspecified atom stereocenters. The number of hydrogen-bond acceptors (Lipinski definition) is 5. The Morgan fingerprint density at radius 3 is 2.10 bits per heavy atom. The number of nitrogens with one attached hydrogen (secondary N) is 2. The number of hydrogen-bond donors (Lipinski definition) is 2. The van der Waals surface area contributed by atoms with Crippen molar-refractivity contribution >= 4 is 28.5 Å². The highest BCUT2D eigenvalue weighted by Crippen LogP contribution is 2.34. The molecule has 0 aliphatic rings. The lowest BCUT2D eigenvalue weighted by molar-refractivity contribution is 0.0894. The number of anilines is 1. The van der Waals surface area contributed by atoms with Crippen molar-refractivity contribution in [3.63, 3.8) is 0 Å². The van der Waals surface area contributed by atoms with Gasteiger partial charge in [0.15, 0.2) is 0 Å². The monoisotopic (exact) mass is 396 g/mol. The number of para-hydroxylation sites is 1. The van der Waals surface area contributed by atoms with Gasteiger partial charge in [-0.1, -0.05) is 18.2 Å². The number of carbonyl (C=O) groups is 2. The topological polar surface area (TPSA) is 89.8 Å². The number of ether oxygens (including phenoxy) is 2. The molecule has 0 aliphatic heterocycles. The van der Waals surface area contributed by atoms with E-state index in [-0.39, 0.29) is 11.3 Å². The van der Waals surface area contributed by atoms with Gasteiger partial charge in [-0.3, -0.25) is 9.59 Å². The standard InChI is InChI=1S/C22H24N2O5/c1-22(2,3)24-21(26)19-18(13-9-6-7-10-14(13)29-19)23-20(25)17-15(27-4)11-8-12-16(17)28-5/h6-12H,1-5H3,(H,23,25)(H,24,26). The first-order valence-corrected chi connectivity index (χ1v) is 9.11. The number of fused-ring (bicyclic) bond motifs is 1. The number of rotatable bonds is 5. The van der Waals surface area contributed by atoms with Crippen molar-refractivity contribution in [1.29, 1.82) is 0 Å². The van der Waals surface area contributed by atoms with Crippen molar-refractivity contribution in [2.75, 3.05) is 19.5 Å². The lowest BCUT2D eigenvalue weighted by Crippen LogP contribution is -2.40. The molecule has 3 aromatic rings. The van der Waals surface area contributed by atoms with Crippen LogP contribution in [0.1, 0.15) is 41.7 Å². The maximum atomic E-state index is 13.1. The van der Waals surface area contributed by atoms with E-state index in [0.29, 0.717) is 28.2 Å². The molecule has 2 amide bonds. The van der Waals surface area contributed by atoms with Gasteiger partial charge in [-0.05, 0) is 45.0 Å². The Labute approximate surface area is 169 Å². The number of furan rings is 1. The summed E-state index contributed by atoms with van der Waals surface area (Å²) in [5.41, 5.74) is 0.544. The van der Waals surface area contributed by atoms with Crippen LogP contribution in [0.5, 0.6) is 11.5 Å². The van der Waals surface area contributed by atoms with E-state index in [4.69, 9.17) is 13.9 Å². The zero-order chi connectivity index (χ0) is 21.2. The van der Waals surface area contributed by atoms with Gasteiger partial charge < -0.3 is 24.5 Å². The fourth-order valence-electron chi connectivity index (χ4n) is 2.98. The fourth-order valence-corrected chi connectivity index (χ4v) is 2.98. The van der Waals surface area contributed by atoms with Crippen LogP contribution in [0.25, 0.3) is 11.0 Å². The minimum absolute atomic E-state index is 0.0309. The Balaban J connectivity index is 2.07. The van der Waals surface area contributed by atoms with Gasteiger partial charge in [0.2, 0.25) is 5.76 Å². The highest BCUT2D eigenvalue weighted by atomic mass is 16.5. The molecule has 2 aromatic carbocycles. The highest BCUT2D eigenvalue weighted by molar-refractivity contribution is 6.16. The van der Waals surface area contributed by atoms with E-state index in [9.17, 15) is 9.59 Å². The van der Waals surface area contributed by atoms with Gasteiger partial charge in [0.05, 0.1) is 14.2 Å². The van der Waals surface area contributed by atoms with Crippen molar-refractivity contribution < 1.29 is 23.5 Å². The third kappa shape index (κ3) is 4.18. The van der Waals surface area contributed by atoms with Crippen LogP contribution in [0.2, 0.25) is 0 Å². The van der Waals surface area contributed by atoms with Crippen molar-refractivity contribution in [2.24, 2.45) is 0 Å². The smallest absolute Gasteiger partial charge is 0.289 e. The molecule has 0 bridgehead atoms. The maximum absolute atomic E-state index is 13.1. The van der Waals surface area contributed by atoms with Crippen molar-refractivity contribution in [2.45, 2.75) is 26.3 Å². The van der Waals surface area contributed by atoms with Gasteiger partial charge in [-0.15, -0.1) is 0 Å². The summed E-state index contributed by atoms with van der Waals surface area (Å²) in [5.74, 6) is -0.152. The number of carbonyl (C=O) groups excluding carboxylic acids is 2. The molecule has 0 aliphatic carbocycles. The van der Waals surface area contributed by atoms with Crippen molar-refractivity contribution in [3.05, 3.63) is 53.8 Å². The largest absolute Gasteiger partial charge is 0.496 e. The second kappa shape index (κ2) is 7.87. The second-order valence-corrected chi connectivity index (χ2v) is 7.50. The predicted molar refractivity (Wildman–Crippen MR) is 111 cm³/mol. The second-order valence-electron chi connectivity index (χ2n) is 7.50. The van der Waals surface area contributed by atoms with Crippen LogP contribution in [0.3, 0.4) is 0 Å². The quantitative estimate of drug-likeness (QED) is 0.674. The molecular weight excluding hydrogens is 372 g/mol. The van der Waals surface area contributed by atoms with Gasteiger partial charge in [-0.25, -0.2) is 0 Å². The number of benzene rings is 2. The first-order chi connectivity index (χ1) is 13.7. The summed E-state index contributed by atoms with van der Waals surface area (Å²) in [7, 11) is 2.95. The Kier molecular flexibility index (Phi) is 5.50. The summed E-state index contributed by atoms with van der Waals surface area (Å²) >= 11 is 0. The van der Waals surface area contributed by atoms with Crippen LogP contribution in [0.15, 0.2) is 46.9 Å². The zero-order valence-corrected chi connectivity index (χ0v) is 17.1. The average Bonchev–Trinajstić information content (AvgIpc) is 3.04. The molecule has 7 heteroatoms. The minimum atomic E-state index is -0.476. The molecular formula is C22H24N2O5. The summed E-state index contributed by atoms with van der Waals surface area (Å²) in [6.07, 6.45) is 0. The normalized spacial score (nSPS) is 11.2. The maximum Gasteiger partial charge on any atom is 0.289 e. The Hall–Kier alpha value is -3.48. The SMILES string of the molecule is COc1cccc(OC)c1C(=O)Nc1c(C(=O)NC(C)(C)C)oc2ccccc12. The summed E-state index contributed by atoms with van der Waals surface area (Å²) in [6, 6.07) is 12.2. The van der Waals surface area contributed by atoms with Crippen molar-refractivity contribution in [3.8, 4) is 11.5 Å². The molecule has 152 valence electrons. The van der Waals surface area contributed by atoms with Crippen LogP contribution in [-0.4, -0.2) is 31.6 Å².